The zero-order valence-corrected chi connectivity index (χ0v) is 13.4. The van der Waals surface area contributed by atoms with Crippen molar-refractivity contribution >= 4 is 21.7 Å². The molecule has 0 saturated carbocycles. The van der Waals surface area contributed by atoms with Gasteiger partial charge in [0.05, 0.1) is 21.3 Å². The third kappa shape index (κ3) is 3.16. The van der Waals surface area contributed by atoms with E-state index in [9.17, 15) is 4.79 Å². The van der Waals surface area contributed by atoms with Crippen LogP contribution in [-0.4, -0.2) is 32.1 Å². The highest BCUT2D eigenvalue weighted by atomic mass is 79.9. The summed E-state index contributed by atoms with van der Waals surface area (Å²) >= 11 is 3.25. The SMILES string of the molecule is COc1cc(C(=O)c2cccc(Br)n2)cc(OC)c1OC. The van der Waals surface area contributed by atoms with Crippen molar-refractivity contribution in [1.29, 1.82) is 0 Å². The fraction of sp³-hybridized carbons (Fsp3) is 0.200. The van der Waals surface area contributed by atoms with E-state index in [2.05, 4.69) is 20.9 Å². The fourth-order valence-electron chi connectivity index (χ4n) is 1.89. The molecule has 6 heteroatoms. The molecule has 0 bridgehead atoms. The van der Waals surface area contributed by atoms with Gasteiger partial charge in [-0.15, -0.1) is 0 Å². The Morgan fingerprint density at radius 1 is 1.05 bits per heavy atom. The van der Waals surface area contributed by atoms with Gasteiger partial charge in [0.1, 0.15) is 10.3 Å². The lowest BCUT2D eigenvalue weighted by molar-refractivity contribution is 0.103. The molecule has 1 aromatic carbocycles. The molecule has 0 N–H and O–H groups in total. The maximum absolute atomic E-state index is 12.5. The van der Waals surface area contributed by atoms with Crippen molar-refractivity contribution in [3.63, 3.8) is 0 Å². The normalized spacial score (nSPS) is 10.1. The number of ether oxygens (including phenoxy) is 3. The van der Waals surface area contributed by atoms with Crippen molar-refractivity contribution in [1.82, 2.24) is 4.98 Å². The van der Waals surface area contributed by atoms with Crippen LogP contribution in [0.3, 0.4) is 0 Å². The molecule has 0 atom stereocenters. The molecule has 1 heterocycles. The van der Waals surface area contributed by atoms with Crippen molar-refractivity contribution in [3.05, 3.63) is 46.2 Å². The quantitative estimate of drug-likeness (QED) is 0.611. The van der Waals surface area contributed by atoms with E-state index in [0.717, 1.165) is 0 Å². The summed E-state index contributed by atoms with van der Waals surface area (Å²) in [6.07, 6.45) is 0. The van der Waals surface area contributed by atoms with Crippen molar-refractivity contribution in [2.45, 2.75) is 0 Å². The predicted octanol–water partition coefficient (Wildman–Crippen LogP) is 3.10. The largest absolute Gasteiger partial charge is 0.493 e. The van der Waals surface area contributed by atoms with E-state index in [1.54, 1.807) is 30.3 Å². The van der Waals surface area contributed by atoms with Gasteiger partial charge in [-0.05, 0) is 40.2 Å². The Hall–Kier alpha value is -2.08. The van der Waals surface area contributed by atoms with Gasteiger partial charge < -0.3 is 14.2 Å². The number of halogens is 1. The summed E-state index contributed by atoms with van der Waals surface area (Å²) in [4.78, 5) is 16.7. The van der Waals surface area contributed by atoms with Gasteiger partial charge in [0.25, 0.3) is 0 Å². The Bertz CT molecular complexity index is 647. The molecule has 0 radical (unpaired) electrons. The average Bonchev–Trinajstić information content (AvgIpc) is 2.52. The molecule has 0 saturated heterocycles. The molecule has 1 aromatic heterocycles. The predicted molar refractivity (Wildman–Crippen MR) is 81.5 cm³/mol. The van der Waals surface area contributed by atoms with Gasteiger partial charge in [-0.3, -0.25) is 4.79 Å². The number of rotatable bonds is 5. The smallest absolute Gasteiger partial charge is 0.211 e. The molecule has 0 unspecified atom stereocenters. The molecule has 0 amide bonds. The van der Waals surface area contributed by atoms with Crippen molar-refractivity contribution < 1.29 is 19.0 Å². The van der Waals surface area contributed by atoms with Crippen molar-refractivity contribution in [3.8, 4) is 17.2 Å². The van der Waals surface area contributed by atoms with Crippen LogP contribution in [0.2, 0.25) is 0 Å². The van der Waals surface area contributed by atoms with Crippen LogP contribution in [0.4, 0.5) is 0 Å². The number of carbonyl (C=O) groups excluding carboxylic acids is 1. The second-order valence-corrected chi connectivity index (χ2v) is 4.90. The number of benzene rings is 1. The minimum absolute atomic E-state index is 0.226. The highest BCUT2D eigenvalue weighted by Crippen LogP contribution is 2.38. The van der Waals surface area contributed by atoms with E-state index >= 15 is 0 Å². The van der Waals surface area contributed by atoms with Crippen LogP contribution in [0.5, 0.6) is 17.2 Å². The van der Waals surface area contributed by atoms with Crippen LogP contribution in [0.25, 0.3) is 0 Å². The first kappa shape index (κ1) is 15.3. The van der Waals surface area contributed by atoms with Gasteiger partial charge >= 0.3 is 0 Å². The minimum Gasteiger partial charge on any atom is -0.493 e. The number of pyridine rings is 1. The van der Waals surface area contributed by atoms with Crippen LogP contribution in [0, 0.1) is 0 Å². The third-order valence-electron chi connectivity index (χ3n) is 2.87. The van der Waals surface area contributed by atoms with Gasteiger partial charge in [-0.1, -0.05) is 6.07 Å². The van der Waals surface area contributed by atoms with Crippen molar-refractivity contribution in [2.24, 2.45) is 0 Å². The van der Waals surface area contributed by atoms with Gasteiger partial charge in [-0.25, -0.2) is 4.98 Å². The Balaban J connectivity index is 2.51. The maximum atomic E-state index is 12.5. The molecule has 21 heavy (non-hydrogen) atoms. The second kappa shape index (κ2) is 6.58. The summed E-state index contributed by atoms with van der Waals surface area (Å²) in [6.45, 7) is 0. The van der Waals surface area contributed by atoms with Gasteiger partial charge in [0, 0.05) is 5.56 Å². The number of hydrogen-bond donors (Lipinski definition) is 0. The van der Waals surface area contributed by atoms with Crippen LogP contribution in [0.1, 0.15) is 16.1 Å². The summed E-state index contributed by atoms with van der Waals surface area (Å²) < 4.78 is 16.3. The van der Waals surface area contributed by atoms with Gasteiger partial charge in [-0.2, -0.15) is 0 Å². The summed E-state index contributed by atoms with van der Waals surface area (Å²) in [6, 6.07) is 8.36. The Labute approximate surface area is 131 Å². The molecule has 0 aliphatic carbocycles. The van der Waals surface area contributed by atoms with Gasteiger partial charge in [0.15, 0.2) is 11.5 Å². The molecular weight excluding hydrogens is 338 g/mol. The van der Waals surface area contributed by atoms with Crippen LogP contribution in [0.15, 0.2) is 34.9 Å². The maximum Gasteiger partial charge on any atom is 0.211 e. The molecule has 0 aliphatic rings. The fourth-order valence-corrected chi connectivity index (χ4v) is 2.24. The Kier molecular flexibility index (Phi) is 4.80. The molecule has 5 nitrogen and oxygen atoms in total. The lowest BCUT2D eigenvalue weighted by Crippen LogP contribution is -2.06. The summed E-state index contributed by atoms with van der Waals surface area (Å²) in [5, 5.41) is 0. The zero-order valence-electron chi connectivity index (χ0n) is 11.8. The van der Waals surface area contributed by atoms with E-state index in [1.165, 1.54) is 21.3 Å². The first-order valence-electron chi connectivity index (χ1n) is 6.08. The monoisotopic (exact) mass is 351 g/mol. The Morgan fingerprint density at radius 2 is 1.67 bits per heavy atom. The molecular formula is C15H14BrNO4. The van der Waals surface area contributed by atoms with E-state index in [4.69, 9.17) is 14.2 Å². The van der Waals surface area contributed by atoms with Crippen molar-refractivity contribution in [2.75, 3.05) is 21.3 Å². The molecule has 2 aromatic rings. The number of aromatic nitrogens is 1. The molecule has 0 spiro atoms. The number of hydrogen-bond acceptors (Lipinski definition) is 5. The van der Waals surface area contributed by atoms with E-state index in [0.29, 0.717) is 33.1 Å². The topological polar surface area (TPSA) is 57.7 Å². The van der Waals surface area contributed by atoms with E-state index in [1.807, 2.05) is 0 Å². The first-order valence-corrected chi connectivity index (χ1v) is 6.87. The highest BCUT2D eigenvalue weighted by Gasteiger charge is 2.18. The number of ketones is 1. The molecule has 0 fully saturated rings. The molecule has 2 rings (SSSR count). The molecule has 0 aliphatic heterocycles. The van der Waals surface area contributed by atoms with E-state index < -0.39 is 0 Å². The summed E-state index contributed by atoms with van der Waals surface area (Å²) in [7, 11) is 4.52. The Morgan fingerprint density at radius 3 is 2.14 bits per heavy atom. The zero-order chi connectivity index (χ0) is 15.4. The lowest BCUT2D eigenvalue weighted by atomic mass is 10.1. The van der Waals surface area contributed by atoms with Crippen LogP contribution >= 0.6 is 15.9 Å². The molecule has 110 valence electrons. The van der Waals surface area contributed by atoms with Crippen LogP contribution < -0.4 is 14.2 Å². The first-order chi connectivity index (χ1) is 10.1. The third-order valence-corrected chi connectivity index (χ3v) is 3.32. The lowest BCUT2D eigenvalue weighted by Gasteiger charge is -2.13. The minimum atomic E-state index is -0.226. The average molecular weight is 352 g/mol. The second-order valence-electron chi connectivity index (χ2n) is 4.09. The summed E-state index contributed by atoms with van der Waals surface area (Å²) in [5.41, 5.74) is 0.744. The summed E-state index contributed by atoms with van der Waals surface area (Å²) in [5.74, 6) is 1.07. The number of nitrogens with zero attached hydrogens (tertiary/aromatic N) is 1. The standard InChI is InChI=1S/C15H14BrNO4/c1-19-11-7-9(8-12(20-2)15(11)21-3)14(18)10-5-4-6-13(16)17-10/h4-8H,1-3H3. The highest BCUT2D eigenvalue weighted by molar-refractivity contribution is 9.10. The van der Waals surface area contributed by atoms with Gasteiger partial charge in [0.2, 0.25) is 11.5 Å². The van der Waals surface area contributed by atoms with Crippen LogP contribution in [-0.2, 0) is 0 Å². The number of carbonyl (C=O) groups is 1. The number of methoxy groups -OCH3 is 3. The van der Waals surface area contributed by atoms with E-state index in [-0.39, 0.29) is 5.78 Å².